The first-order chi connectivity index (χ1) is 15.1. The first-order valence-corrected chi connectivity index (χ1v) is 8.96. The summed E-state index contributed by atoms with van der Waals surface area (Å²) < 4.78 is 21.1. The van der Waals surface area contributed by atoms with E-state index < -0.39 is 6.03 Å². The summed E-state index contributed by atoms with van der Waals surface area (Å²) in [6.07, 6.45) is 2.88. The fourth-order valence-corrected chi connectivity index (χ4v) is 2.37. The van der Waals surface area contributed by atoms with Crippen molar-refractivity contribution in [2.75, 3.05) is 26.6 Å². The van der Waals surface area contributed by atoms with Crippen LogP contribution in [0.4, 0.5) is 10.5 Å². The van der Waals surface area contributed by atoms with E-state index in [1.54, 1.807) is 42.6 Å². The van der Waals surface area contributed by atoms with Gasteiger partial charge in [0.25, 0.3) is 0 Å². The van der Waals surface area contributed by atoms with Gasteiger partial charge in [0, 0.05) is 6.20 Å². The molecule has 2 heterocycles. The van der Waals surface area contributed by atoms with Gasteiger partial charge in [0.05, 0.1) is 39.3 Å². The van der Waals surface area contributed by atoms with Crippen LogP contribution in [0.15, 0.2) is 53.8 Å². The number of hydrogen-bond acceptors (Lipinski definition) is 9. The number of hydrogen-bond donors (Lipinski definition) is 2. The highest BCUT2D eigenvalue weighted by Gasteiger charge is 2.11. The molecule has 2 aromatic heterocycles. The van der Waals surface area contributed by atoms with Gasteiger partial charge in [-0.2, -0.15) is 15.1 Å². The van der Waals surface area contributed by atoms with Crippen LogP contribution >= 0.6 is 0 Å². The van der Waals surface area contributed by atoms with Crippen LogP contribution in [-0.2, 0) is 0 Å². The topological polar surface area (TPSA) is 129 Å². The summed E-state index contributed by atoms with van der Waals surface area (Å²) in [4.78, 5) is 24.5. The number of anilines is 1. The second-order valence-electron chi connectivity index (χ2n) is 5.75. The van der Waals surface area contributed by atoms with Crippen molar-refractivity contribution < 1.29 is 23.7 Å². The molecule has 0 unspecified atom stereocenters. The van der Waals surface area contributed by atoms with Crippen LogP contribution < -0.4 is 29.7 Å². The molecular formula is C20H20N6O5. The van der Waals surface area contributed by atoms with Crippen LogP contribution in [0.25, 0.3) is 0 Å². The quantitative estimate of drug-likeness (QED) is 0.417. The smallest absolute Gasteiger partial charge is 0.339 e. The number of carbonyl (C=O) groups excluding carboxylic acids is 1. The zero-order valence-electron chi connectivity index (χ0n) is 17.0. The Balaban J connectivity index is 1.69. The van der Waals surface area contributed by atoms with Gasteiger partial charge in [0.15, 0.2) is 5.75 Å². The highest BCUT2D eigenvalue weighted by Crippen LogP contribution is 2.25. The molecule has 160 valence electrons. The van der Waals surface area contributed by atoms with Crippen molar-refractivity contribution in [1.29, 1.82) is 0 Å². The molecule has 0 spiro atoms. The Hall–Kier alpha value is -4.41. The number of para-hydroxylation sites is 2. The molecule has 0 atom stereocenters. The third-order valence-corrected chi connectivity index (χ3v) is 3.79. The number of nitrogens with one attached hydrogen (secondary N) is 2. The lowest BCUT2D eigenvalue weighted by Gasteiger charge is -2.09. The molecule has 0 radical (unpaired) electrons. The number of aromatic nitrogens is 3. The number of pyridine rings is 1. The molecule has 3 aromatic rings. The summed E-state index contributed by atoms with van der Waals surface area (Å²) in [6, 6.07) is 11.3. The molecule has 0 aliphatic carbocycles. The Morgan fingerprint density at radius 3 is 2.39 bits per heavy atom. The Bertz CT molecular complexity index is 1050. The average Bonchev–Trinajstić information content (AvgIpc) is 2.80. The largest absolute Gasteiger partial charge is 0.495 e. The van der Waals surface area contributed by atoms with Gasteiger partial charge in [-0.15, -0.1) is 0 Å². The van der Waals surface area contributed by atoms with Crippen molar-refractivity contribution in [3.63, 3.8) is 0 Å². The molecule has 0 aliphatic rings. The van der Waals surface area contributed by atoms with E-state index in [-0.39, 0.29) is 17.8 Å². The number of benzene rings is 1. The van der Waals surface area contributed by atoms with Crippen molar-refractivity contribution in [3.8, 4) is 29.3 Å². The minimum Gasteiger partial charge on any atom is -0.495 e. The highest BCUT2D eigenvalue weighted by atomic mass is 16.5. The fourth-order valence-electron chi connectivity index (χ4n) is 2.37. The summed E-state index contributed by atoms with van der Waals surface area (Å²) in [5.74, 6) is 1.38. The van der Waals surface area contributed by atoms with Gasteiger partial charge in [0.2, 0.25) is 11.8 Å². The highest BCUT2D eigenvalue weighted by molar-refractivity contribution is 5.91. The molecule has 1 aromatic carbocycles. The maximum Gasteiger partial charge on any atom is 0.339 e. The Labute approximate surface area is 178 Å². The molecule has 2 amide bonds. The van der Waals surface area contributed by atoms with E-state index in [9.17, 15) is 4.79 Å². The molecule has 11 nitrogen and oxygen atoms in total. The number of carbonyl (C=O) groups is 1. The summed E-state index contributed by atoms with van der Waals surface area (Å²) in [5.41, 5.74) is 3.20. The van der Waals surface area contributed by atoms with Gasteiger partial charge in [-0.25, -0.2) is 10.2 Å². The van der Waals surface area contributed by atoms with Gasteiger partial charge in [0.1, 0.15) is 11.4 Å². The number of ether oxygens (including phenoxy) is 4. The molecule has 11 heteroatoms. The van der Waals surface area contributed by atoms with E-state index in [1.807, 2.05) is 0 Å². The van der Waals surface area contributed by atoms with Crippen LogP contribution in [-0.4, -0.2) is 48.5 Å². The van der Waals surface area contributed by atoms with Crippen LogP contribution in [0.3, 0.4) is 0 Å². The first-order valence-electron chi connectivity index (χ1n) is 8.96. The lowest BCUT2D eigenvalue weighted by atomic mass is 10.3. The predicted molar refractivity (Wildman–Crippen MR) is 112 cm³/mol. The summed E-state index contributed by atoms with van der Waals surface area (Å²) in [5, 5.41) is 6.54. The number of hydrazone groups is 1. The van der Waals surface area contributed by atoms with E-state index in [2.05, 4.69) is 30.8 Å². The lowest BCUT2D eigenvalue weighted by Crippen LogP contribution is -2.24. The average molecular weight is 424 g/mol. The summed E-state index contributed by atoms with van der Waals surface area (Å²) in [7, 11) is 4.45. The number of rotatable bonds is 8. The fraction of sp³-hybridized carbons (Fsp3) is 0.150. The molecular weight excluding hydrogens is 404 g/mol. The zero-order chi connectivity index (χ0) is 22.1. The normalized spacial score (nSPS) is 10.4. The van der Waals surface area contributed by atoms with Gasteiger partial charge < -0.3 is 24.3 Å². The van der Waals surface area contributed by atoms with Crippen LogP contribution in [0.5, 0.6) is 29.3 Å². The maximum atomic E-state index is 12.1. The Morgan fingerprint density at radius 1 is 0.968 bits per heavy atom. The van der Waals surface area contributed by atoms with Crippen molar-refractivity contribution >= 4 is 17.9 Å². The van der Waals surface area contributed by atoms with Crippen LogP contribution in [0, 0.1) is 0 Å². The van der Waals surface area contributed by atoms with Gasteiger partial charge >= 0.3 is 12.0 Å². The van der Waals surface area contributed by atoms with E-state index in [0.29, 0.717) is 22.9 Å². The van der Waals surface area contributed by atoms with Gasteiger partial charge in [-0.1, -0.05) is 12.1 Å². The second kappa shape index (κ2) is 10.4. The van der Waals surface area contributed by atoms with Crippen molar-refractivity contribution in [2.24, 2.45) is 5.10 Å². The SMILES string of the molecule is COc1cc(OC)nc(Oc2cccnc2C=NNC(=O)Nc2ccccc2OC)n1. The van der Waals surface area contributed by atoms with Crippen molar-refractivity contribution in [3.05, 3.63) is 54.4 Å². The molecule has 2 N–H and O–H groups in total. The molecule has 0 bridgehead atoms. The van der Waals surface area contributed by atoms with Gasteiger partial charge in [-0.3, -0.25) is 4.98 Å². The zero-order valence-corrected chi connectivity index (χ0v) is 17.0. The number of urea groups is 1. The number of methoxy groups -OCH3 is 3. The van der Waals surface area contributed by atoms with Gasteiger partial charge in [-0.05, 0) is 24.3 Å². The van der Waals surface area contributed by atoms with E-state index in [1.165, 1.54) is 33.6 Å². The third-order valence-electron chi connectivity index (χ3n) is 3.79. The summed E-state index contributed by atoms with van der Waals surface area (Å²) in [6.45, 7) is 0. The molecule has 0 fully saturated rings. The predicted octanol–water partition coefficient (Wildman–Crippen LogP) is 2.85. The monoisotopic (exact) mass is 424 g/mol. The molecule has 3 rings (SSSR count). The minimum atomic E-state index is -0.556. The van der Waals surface area contributed by atoms with Crippen molar-refractivity contribution in [2.45, 2.75) is 0 Å². The summed E-state index contributed by atoms with van der Waals surface area (Å²) >= 11 is 0. The van der Waals surface area contributed by atoms with E-state index in [0.717, 1.165) is 0 Å². The number of amides is 2. The van der Waals surface area contributed by atoms with E-state index >= 15 is 0 Å². The molecule has 0 saturated heterocycles. The standard InChI is InChI=1S/C20H20N6O5/c1-28-15-8-5-4-7-13(15)23-19(27)26-22-12-14-16(9-6-10-21-14)31-20-24-17(29-2)11-18(25-20)30-3/h4-12H,1-3H3,(H2,23,26,27). The number of nitrogens with zero attached hydrogens (tertiary/aromatic N) is 4. The molecule has 0 saturated carbocycles. The second-order valence-corrected chi connectivity index (χ2v) is 5.75. The molecule has 31 heavy (non-hydrogen) atoms. The van der Waals surface area contributed by atoms with E-state index in [4.69, 9.17) is 18.9 Å². The maximum absolute atomic E-state index is 12.1. The van der Waals surface area contributed by atoms with Crippen LogP contribution in [0.2, 0.25) is 0 Å². The minimum absolute atomic E-state index is 0.000671. The van der Waals surface area contributed by atoms with Crippen LogP contribution in [0.1, 0.15) is 5.69 Å². The Kier molecular flexibility index (Phi) is 7.14. The Morgan fingerprint density at radius 2 is 1.68 bits per heavy atom. The third kappa shape index (κ3) is 5.79. The molecule has 0 aliphatic heterocycles. The first kappa shape index (κ1) is 21.3. The lowest BCUT2D eigenvalue weighted by molar-refractivity contribution is 0.252. The van der Waals surface area contributed by atoms with Crippen molar-refractivity contribution in [1.82, 2.24) is 20.4 Å².